The molecular weight excluding hydrogens is 366 g/mol. The van der Waals surface area contributed by atoms with Crippen molar-refractivity contribution in [2.24, 2.45) is 22.7 Å². The summed E-state index contributed by atoms with van der Waals surface area (Å²) in [6.07, 6.45) is 16.1. The summed E-state index contributed by atoms with van der Waals surface area (Å²) in [5.74, 6) is 2.04. The van der Waals surface area contributed by atoms with E-state index in [1.807, 2.05) is 16.9 Å². The number of rotatable bonds is 6. The SMILES string of the molecule is C=C1/C=C\CC(C)[C@H](C(C)(CC)CC)/C=C(/C(C)(CC)CC)OC[N+](=C)/C=C\C1=C. The summed E-state index contributed by atoms with van der Waals surface area (Å²) < 4.78 is 8.30. The summed E-state index contributed by atoms with van der Waals surface area (Å²) in [5, 5.41) is 0. The average molecular weight is 413 g/mol. The van der Waals surface area contributed by atoms with Gasteiger partial charge in [-0.15, -0.1) is 0 Å². The fourth-order valence-electron chi connectivity index (χ4n) is 4.14. The van der Waals surface area contributed by atoms with E-state index >= 15 is 0 Å². The molecule has 0 bridgehead atoms. The Balaban J connectivity index is 3.56. The molecule has 0 aliphatic carbocycles. The van der Waals surface area contributed by atoms with E-state index in [-0.39, 0.29) is 10.8 Å². The molecule has 168 valence electrons. The molecule has 0 aromatic heterocycles. The number of nitrogens with zero attached hydrogens (tertiary/aromatic N) is 1. The van der Waals surface area contributed by atoms with Crippen LogP contribution in [0.15, 0.2) is 60.6 Å². The fraction of sp³-hybridized carbons (Fsp3) is 0.607. The Morgan fingerprint density at radius 2 is 1.57 bits per heavy atom. The Labute approximate surface area is 186 Å². The quantitative estimate of drug-likeness (QED) is 0.402. The van der Waals surface area contributed by atoms with Crippen LogP contribution in [0.2, 0.25) is 0 Å². The predicted octanol–water partition coefficient (Wildman–Crippen LogP) is 8.05. The number of hydrogen-bond donors (Lipinski definition) is 0. The van der Waals surface area contributed by atoms with Crippen molar-refractivity contribution in [3.05, 3.63) is 60.6 Å². The first-order valence-corrected chi connectivity index (χ1v) is 11.7. The maximum Gasteiger partial charge on any atom is 0.291 e. The summed E-state index contributed by atoms with van der Waals surface area (Å²) in [4.78, 5) is 0. The second-order valence-corrected chi connectivity index (χ2v) is 9.53. The molecule has 0 spiro atoms. The van der Waals surface area contributed by atoms with Crippen LogP contribution in [-0.4, -0.2) is 18.0 Å². The molecule has 2 nitrogen and oxygen atoms in total. The van der Waals surface area contributed by atoms with Gasteiger partial charge >= 0.3 is 0 Å². The Hall–Kier alpha value is -1.83. The molecule has 0 N–H and O–H groups in total. The molecule has 2 atom stereocenters. The maximum absolute atomic E-state index is 6.47. The van der Waals surface area contributed by atoms with Crippen LogP contribution < -0.4 is 0 Å². The monoisotopic (exact) mass is 412 g/mol. The van der Waals surface area contributed by atoms with Gasteiger partial charge < -0.3 is 4.74 Å². The number of ether oxygens (including phenoxy) is 1. The van der Waals surface area contributed by atoms with Gasteiger partial charge in [-0.2, -0.15) is 4.58 Å². The van der Waals surface area contributed by atoms with E-state index in [1.54, 1.807) is 0 Å². The predicted molar refractivity (Wildman–Crippen MR) is 133 cm³/mol. The van der Waals surface area contributed by atoms with Gasteiger partial charge in [0.1, 0.15) is 12.5 Å². The second-order valence-electron chi connectivity index (χ2n) is 9.53. The molecule has 0 aromatic rings. The summed E-state index contributed by atoms with van der Waals surface area (Å²) in [6, 6.07) is 0. The van der Waals surface area contributed by atoms with Crippen molar-refractivity contribution in [3.63, 3.8) is 0 Å². The molecule has 1 heterocycles. The Kier molecular flexibility index (Phi) is 10.1. The van der Waals surface area contributed by atoms with Crippen LogP contribution in [0.5, 0.6) is 0 Å². The van der Waals surface area contributed by atoms with Gasteiger partial charge in [-0.3, -0.25) is 0 Å². The smallest absolute Gasteiger partial charge is 0.291 e. The van der Waals surface area contributed by atoms with Crippen molar-refractivity contribution in [2.45, 2.75) is 80.6 Å². The Bertz CT molecular complexity index is 698. The molecule has 1 aliphatic rings. The van der Waals surface area contributed by atoms with Gasteiger partial charge in [0, 0.05) is 11.5 Å². The standard InChI is InChI=1S/C28H46NO/c1-11-27(8,12-2)25-20-26(28(9,13-3)14-4)30-21-29(10)19-18-23(6)22(5)16-15-17-24(25)7/h15-16,18-20,24-25H,5-6,10-14,17,21H2,1-4,7-9H3/q+1/b16-15-,19-18-,26-20-/t24?,25-/m1/s1. The molecule has 2 heteroatoms. The largest absolute Gasteiger partial charge is 0.440 e. The van der Waals surface area contributed by atoms with Crippen LogP contribution in [0.25, 0.3) is 0 Å². The minimum atomic E-state index is 0.0235. The molecule has 30 heavy (non-hydrogen) atoms. The zero-order valence-corrected chi connectivity index (χ0v) is 20.8. The van der Waals surface area contributed by atoms with Crippen LogP contribution in [0.1, 0.15) is 80.6 Å². The lowest BCUT2D eigenvalue weighted by molar-refractivity contribution is -0.494. The normalized spacial score (nSPS) is 26.4. The van der Waals surface area contributed by atoms with E-state index in [9.17, 15) is 0 Å². The summed E-state index contributed by atoms with van der Waals surface area (Å²) in [6.45, 7) is 29.1. The van der Waals surface area contributed by atoms with Gasteiger partial charge in [-0.25, -0.2) is 0 Å². The maximum atomic E-state index is 6.47. The van der Waals surface area contributed by atoms with Crippen molar-refractivity contribution in [1.82, 2.24) is 0 Å². The first kappa shape index (κ1) is 26.2. The average Bonchev–Trinajstić information content (AvgIpc) is 2.75. The lowest BCUT2D eigenvalue weighted by atomic mass is 9.66. The molecule has 0 radical (unpaired) electrons. The third-order valence-electron chi connectivity index (χ3n) is 7.63. The molecule has 1 unspecified atom stereocenters. The highest BCUT2D eigenvalue weighted by atomic mass is 16.5. The zero-order chi connectivity index (χ0) is 22.9. The number of hydrogen-bond acceptors (Lipinski definition) is 1. The van der Waals surface area contributed by atoms with Gasteiger partial charge in [0.05, 0.1) is 0 Å². The van der Waals surface area contributed by atoms with Crippen LogP contribution >= 0.6 is 0 Å². The Morgan fingerprint density at radius 1 is 1.00 bits per heavy atom. The molecular formula is C28H46NO+. The Morgan fingerprint density at radius 3 is 2.10 bits per heavy atom. The highest BCUT2D eigenvalue weighted by Gasteiger charge is 2.36. The first-order valence-electron chi connectivity index (χ1n) is 11.7. The lowest BCUT2D eigenvalue weighted by Gasteiger charge is -2.40. The molecule has 0 saturated carbocycles. The van der Waals surface area contributed by atoms with Crippen molar-refractivity contribution < 1.29 is 9.31 Å². The van der Waals surface area contributed by atoms with Crippen LogP contribution in [-0.2, 0) is 4.74 Å². The van der Waals surface area contributed by atoms with Gasteiger partial charge in [0.25, 0.3) is 6.73 Å². The third kappa shape index (κ3) is 6.59. The highest BCUT2D eigenvalue weighted by molar-refractivity contribution is 5.42. The van der Waals surface area contributed by atoms with Crippen molar-refractivity contribution in [3.8, 4) is 0 Å². The molecule has 0 amide bonds. The topological polar surface area (TPSA) is 12.2 Å². The van der Waals surface area contributed by atoms with Crippen molar-refractivity contribution in [1.29, 1.82) is 0 Å². The number of allylic oxidation sites excluding steroid dienone is 7. The van der Waals surface area contributed by atoms with Crippen molar-refractivity contribution >= 4 is 6.72 Å². The van der Waals surface area contributed by atoms with E-state index in [0.29, 0.717) is 18.6 Å². The van der Waals surface area contributed by atoms with E-state index in [1.165, 1.54) is 0 Å². The van der Waals surface area contributed by atoms with Crippen LogP contribution in [0.4, 0.5) is 0 Å². The van der Waals surface area contributed by atoms with E-state index in [2.05, 4.69) is 86.6 Å². The minimum Gasteiger partial charge on any atom is -0.440 e. The molecule has 0 saturated heterocycles. The van der Waals surface area contributed by atoms with Gasteiger partial charge in [-0.1, -0.05) is 86.6 Å². The summed E-state index contributed by atoms with van der Waals surface area (Å²) in [7, 11) is 0. The lowest BCUT2D eigenvalue weighted by Crippen LogP contribution is -2.32. The van der Waals surface area contributed by atoms with Gasteiger partial charge in [-0.05, 0) is 53.7 Å². The highest BCUT2D eigenvalue weighted by Crippen LogP contribution is 2.45. The van der Waals surface area contributed by atoms with Gasteiger partial charge in [0.15, 0.2) is 6.20 Å². The fourth-order valence-corrected chi connectivity index (χ4v) is 4.14. The van der Waals surface area contributed by atoms with Crippen LogP contribution in [0, 0.1) is 22.7 Å². The zero-order valence-electron chi connectivity index (χ0n) is 20.8. The van der Waals surface area contributed by atoms with Gasteiger partial charge in [0.2, 0.25) is 0 Å². The first-order chi connectivity index (χ1) is 14.1. The van der Waals surface area contributed by atoms with Crippen molar-refractivity contribution in [2.75, 3.05) is 6.73 Å². The molecule has 0 fully saturated rings. The molecule has 0 aromatic carbocycles. The minimum absolute atomic E-state index is 0.0235. The van der Waals surface area contributed by atoms with E-state index in [4.69, 9.17) is 4.74 Å². The summed E-state index contributed by atoms with van der Waals surface area (Å²) >= 11 is 0. The molecule has 1 aliphatic heterocycles. The van der Waals surface area contributed by atoms with Crippen LogP contribution in [0.3, 0.4) is 0 Å². The third-order valence-corrected chi connectivity index (χ3v) is 7.63. The van der Waals surface area contributed by atoms with E-state index < -0.39 is 0 Å². The summed E-state index contributed by atoms with van der Waals surface area (Å²) in [5.41, 5.74) is 2.09. The second kappa shape index (κ2) is 11.5. The molecule has 1 rings (SSSR count). The van der Waals surface area contributed by atoms with E-state index in [0.717, 1.165) is 49.0 Å².